The van der Waals surface area contributed by atoms with E-state index in [-0.39, 0.29) is 0 Å². The van der Waals surface area contributed by atoms with E-state index in [2.05, 4.69) is 10.0 Å². The lowest BCUT2D eigenvalue weighted by atomic mass is 9.96. The van der Waals surface area contributed by atoms with Crippen molar-refractivity contribution in [2.24, 2.45) is 5.92 Å². The molecule has 0 radical (unpaired) electrons. The molecule has 22 heavy (non-hydrogen) atoms. The van der Waals surface area contributed by atoms with E-state index in [9.17, 15) is 8.42 Å². The second-order valence-electron chi connectivity index (χ2n) is 5.91. The molecule has 3 rings (SSSR count). The van der Waals surface area contributed by atoms with Gasteiger partial charge in [-0.15, -0.1) is 0 Å². The van der Waals surface area contributed by atoms with Crippen molar-refractivity contribution in [3.63, 3.8) is 0 Å². The summed E-state index contributed by atoms with van der Waals surface area (Å²) in [6.45, 7) is 2.58. The Morgan fingerprint density at radius 2 is 1.95 bits per heavy atom. The van der Waals surface area contributed by atoms with Crippen molar-refractivity contribution < 1.29 is 8.42 Å². The van der Waals surface area contributed by atoms with Gasteiger partial charge in [-0.05, 0) is 61.2 Å². The van der Waals surface area contributed by atoms with E-state index >= 15 is 0 Å². The Balaban J connectivity index is 1.65. The standard InChI is InChI=1S/C17H22N2O2S/c20-22(21,19-11-9-14-4-3-10-18-13-14)17-8-7-15-5-1-2-6-16(15)12-17/h1-2,5-8,12,14,18-19H,3-4,9-11,13H2. The zero-order valence-corrected chi connectivity index (χ0v) is 13.4. The number of sulfonamides is 1. The van der Waals surface area contributed by atoms with E-state index < -0.39 is 10.0 Å². The van der Waals surface area contributed by atoms with Gasteiger partial charge in [0.2, 0.25) is 10.0 Å². The molecular weight excluding hydrogens is 296 g/mol. The van der Waals surface area contributed by atoms with Crippen LogP contribution in [-0.2, 0) is 10.0 Å². The zero-order valence-electron chi connectivity index (χ0n) is 12.6. The summed E-state index contributed by atoms with van der Waals surface area (Å²) in [7, 11) is -3.42. The lowest BCUT2D eigenvalue weighted by molar-refractivity contribution is 0.358. The monoisotopic (exact) mass is 318 g/mol. The van der Waals surface area contributed by atoms with Crippen LogP contribution in [0, 0.1) is 5.92 Å². The average molecular weight is 318 g/mol. The largest absolute Gasteiger partial charge is 0.316 e. The van der Waals surface area contributed by atoms with E-state index in [0.29, 0.717) is 17.4 Å². The van der Waals surface area contributed by atoms with Gasteiger partial charge in [0.25, 0.3) is 0 Å². The van der Waals surface area contributed by atoms with Crippen LogP contribution in [0.5, 0.6) is 0 Å². The molecule has 2 aromatic carbocycles. The molecular formula is C17H22N2O2S. The molecule has 0 saturated carbocycles. The molecule has 1 aliphatic rings. The smallest absolute Gasteiger partial charge is 0.240 e. The third-order valence-corrected chi connectivity index (χ3v) is 5.73. The van der Waals surface area contributed by atoms with Gasteiger partial charge in [0, 0.05) is 6.54 Å². The van der Waals surface area contributed by atoms with Crippen LogP contribution in [-0.4, -0.2) is 28.1 Å². The molecule has 2 aromatic rings. The van der Waals surface area contributed by atoms with Crippen LogP contribution >= 0.6 is 0 Å². The Labute approximate surface area is 132 Å². The summed E-state index contributed by atoms with van der Waals surface area (Å²) in [5, 5.41) is 5.35. The second kappa shape index (κ2) is 6.77. The topological polar surface area (TPSA) is 58.2 Å². The van der Waals surface area contributed by atoms with Crippen molar-refractivity contribution in [3.8, 4) is 0 Å². The number of fused-ring (bicyclic) bond motifs is 1. The minimum absolute atomic E-state index is 0.341. The molecule has 1 unspecified atom stereocenters. The van der Waals surface area contributed by atoms with Crippen LogP contribution in [0.3, 0.4) is 0 Å². The first-order valence-electron chi connectivity index (χ1n) is 7.84. The maximum Gasteiger partial charge on any atom is 0.240 e. The first kappa shape index (κ1) is 15.5. The fourth-order valence-electron chi connectivity index (χ4n) is 2.99. The molecule has 1 atom stereocenters. The zero-order chi connectivity index (χ0) is 15.4. The second-order valence-corrected chi connectivity index (χ2v) is 7.67. The third kappa shape index (κ3) is 3.66. The maximum absolute atomic E-state index is 12.4. The van der Waals surface area contributed by atoms with E-state index in [4.69, 9.17) is 0 Å². The minimum atomic E-state index is -3.42. The van der Waals surface area contributed by atoms with E-state index in [1.807, 2.05) is 30.3 Å². The van der Waals surface area contributed by atoms with Crippen LogP contribution < -0.4 is 10.0 Å². The highest BCUT2D eigenvalue weighted by Crippen LogP contribution is 2.19. The van der Waals surface area contributed by atoms with Gasteiger partial charge in [-0.1, -0.05) is 30.3 Å². The molecule has 118 valence electrons. The predicted octanol–water partition coefficient (Wildman–Crippen LogP) is 2.51. The highest BCUT2D eigenvalue weighted by atomic mass is 32.2. The van der Waals surface area contributed by atoms with Crippen molar-refractivity contribution in [1.82, 2.24) is 10.0 Å². The van der Waals surface area contributed by atoms with Crippen molar-refractivity contribution in [2.75, 3.05) is 19.6 Å². The Kier molecular flexibility index (Phi) is 4.76. The van der Waals surface area contributed by atoms with Gasteiger partial charge in [-0.2, -0.15) is 0 Å². The number of nitrogens with one attached hydrogen (secondary N) is 2. The molecule has 0 amide bonds. The summed E-state index contributed by atoms with van der Waals surface area (Å²) in [6, 6.07) is 13.0. The van der Waals surface area contributed by atoms with E-state index in [1.165, 1.54) is 12.8 Å². The van der Waals surface area contributed by atoms with Crippen LogP contribution in [0.1, 0.15) is 19.3 Å². The summed E-state index contributed by atoms with van der Waals surface area (Å²) >= 11 is 0. The molecule has 5 heteroatoms. The molecule has 0 aromatic heterocycles. The minimum Gasteiger partial charge on any atom is -0.316 e. The van der Waals surface area contributed by atoms with Crippen LogP contribution in [0.15, 0.2) is 47.4 Å². The van der Waals surface area contributed by atoms with Crippen molar-refractivity contribution in [3.05, 3.63) is 42.5 Å². The molecule has 0 aliphatic carbocycles. The molecule has 1 heterocycles. The highest BCUT2D eigenvalue weighted by Gasteiger charge is 2.16. The summed E-state index contributed by atoms with van der Waals surface area (Å²) in [5.74, 6) is 0.577. The highest BCUT2D eigenvalue weighted by molar-refractivity contribution is 7.89. The summed E-state index contributed by atoms with van der Waals surface area (Å²) in [4.78, 5) is 0.341. The molecule has 1 fully saturated rings. The normalized spacial score (nSPS) is 19.4. The van der Waals surface area contributed by atoms with Gasteiger partial charge in [0.1, 0.15) is 0 Å². The van der Waals surface area contributed by atoms with Gasteiger partial charge in [-0.3, -0.25) is 0 Å². The predicted molar refractivity (Wildman–Crippen MR) is 89.3 cm³/mol. The summed E-state index contributed by atoms with van der Waals surface area (Å²) < 4.78 is 27.5. The number of hydrogen-bond acceptors (Lipinski definition) is 3. The lowest BCUT2D eigenvalue weighted by Crippen LogP contribution is -2.33. The van der Waals surface area contributed by atoms with Gasteiger partial charge in [0.15, 0.2) is 0 Å². The van der Waals surface area contributed by atoms with Gasteiger partial charge >= 0.3 is 0 Å². The number of piperidine rings is 1. The van der Waals surface area contributed by atoms with Gasteiger partial charge in [0.05, 0.1) is 4.90 Å². The van der Waals surface area contributed by atoms with Crippen LogP contribution in [0.25, 0.3) is 10.8 Å². The van der Waals surface area contributed by atoms with Crippen molar-refractivity contribution >= 4 is 20.8 Å². The van der Waals surface area contributed by atoms with Crippen molar-refractivity contribution in [1.29, 1.82) is 0 Å². The van der Waals surface area contributed by atoms with E-state index in [0.717, 1.165) is 30.3 Å². The van der Waals surface area contributed by atoms with Gasteiger partial charge in [-0.25, -0.2) is 13.1 Å². The Morgan fingerprint density at radius 1 is 1.14 bits per heavy atom. The number of benzene rings is 2. The average Bonchev–Trinajstić information content (AvgIpc) is 2.55. The fourth-order valence-corrected chi connectivity index (χ4v) is 4.07. The Bertz CT molecular complexity index is 737. The SMILES string of the molecule is O=S(=O)(NCCC1CCCNC1)c1ccc2ccccc2c1. The molecule has 1 aliphatic heterocycles. The fraction of sp³-hybridized carbons (Fsp3) is 0.412. The Morgan fingerprint density at radius 3 is 2.73 bits per heavy atom. The molecule has 0 spiro atoms. The summed E-state index contributed by atoms with van der Waals surface area (Å²) in [5.41, 5.74) is 0. The van der Waals surface area contributed by atoms with E-state index in [1.54, 1.807) is 12.1 Å². The summed E-state index contributed by atoms with van der Waals surface area (Å²) in [6.07, 6.45) is 3.26. The third-order valence-electron chi connectivity index (χ3n) is 4.27. The van der Waals surface area contributed by atoms with Gasteiger partial charge < -0.3 is 5.32 Å². The van der Waals surface area contributed by atoms with Crippen molar-refractivity contribution in [2.45, 2.75) is 24.2 Å². The number of rotatable bonds is 5. The van der Waals surface area contributed by atoms with Crippen LogP contribution in [0.4, 0.5) is 0 Å². The van der Waals surface area contributed by atoms with Crippen LogP contribution in [0.2, 0.25) is 0 Å². The first-order chi connectivity index (χ1) is 10.6. The Hall–Kier alpha value is -1.43. The molecule has 4 nitrogen and oxygen atoms in total. The number of hydrogen-bond donors (Lipinski definition) is 2. The first-order valence-corrected chi connectivity index (χ1v) is 9.33. The molecule has 2 N–H and O–H groups in total. The molecule has 0 bridgehead atoms. The molecule has 1 saturated heterocycles. The lowest BCUT2D eigenvalue weighted by Gasteiger charge is -2.22. The quantitative estimate of drug-likeness (QED) is 0.890. The maximum atomic E-state index is 12.4.